The van der Waals surface area contributed by atoms with Gasteiger partial charge in [0.15, 0.2) is 5.82 Å². The number of rotatable bonds is 6. The van der Waals surface area contributed by atoms with Gasteiger partial charge in [0.05, 0.1) is 11.1 Å². The Hall–Kier alpha value is -1.69. The number of aromatic nitrogens is 4. The minimum atomic E-state index is 0.0567. The molecule has 2 atom stereocenters. The van der Waals surface area contributed by atoms with E-state index in [0.717, 1.165) is 44.2 Å². The van der Waals surface area contributed by atoms with Crippen molar-refractivity contribution in [1.82, 2.24) is 24.8 Å². The van der Waals surface area contributed by atoms with Gasteiger partial charge in [-0.1, -0.05) is 39.3 Å². The molecule has 0 amide bonds. The summed E-state index contributed by atoms with van der Waals surface area (Å²) in [4.78, 5) is 7.43. The van der Waals surface area contributed by atoms with E-state index in [1.807, 2.05) is 0 Å². The van der Waals surface area contributed by atoms with Crippen LogP contribution in [-0.2, 0) is 31.8 Å². The zero-order valence-corrected chi connectivity index (χ0v) is 17.5. The van der Waals surface area contributed by atoms with Crippen LogP contribution in [0.4, 0.5) is 0 Å². The average molecular weight is 372 g/mol. The van der Waals surface area contributed by atoms with Gasteiger partial charge in [0.25, 0.3) is 0 Å². The number of aryl methyl sites for hydroxylation is 2. The molecule has 27 heavy (non-hydrogen) atoms. The number of hydrogen-bond acceptors (Lipinski definition) is 5. The summed E-state index contributed by atoms with van der Waals surface area (Å²) in [7, 11) is 2.08. The smallest absolute Gasteiger partial charge is 0.234 e. The van der Waals surface area contributed by atoms with E-state index in [9.17, 15) is 0 Å². The second kappa shape index (κ2) is 7.04. The summed E-state index contributed by atoms with van der Waals surface area (Å²) in [5.41, 5.74) is 4.12. The average Bonchev–Trinajstić information content (AvgIpc) is 3.36. The highest BCUT2D eigenvalue weighted by atomic mass is 16.5. The lowest BCUT2D eigenvalue weighted by Gasteiger charge is -2.24. The molecule has 4 rings (SSSR count). The fourth-order valence-corrected chi connectivity index (χ4v) is 5.33. The number of hydrogen-bond donors (Lipinski definition) is 0. The van der Waals surface area contributed by atoms with Crippen molar-refractivity contribution >= 4 is 0 Å². The van der Waals surface area contributed by atoms with E-state index >= 15 is 0 Å². The molecule has 6 nitrogen and oxygen atoms in total. The molecule has 2 fully saturated rings. The molecule has 2 aromatic rings. The van der Waals surface area contributed by atoms with E-state index < -0.39 is 0 Å². The third-order valence-electron chi connectivity index (χ3n) is 6.73. The number of fused-ring (bicyclic) bond motifs is 1. The van der Waals surface area contributed by atoms with E-state index in [1.165, 1.54) is 36.2 Å². The normalized spacial score (nSPS) is 25.6. The first-order valence-electron chi connectivity index (χ1n) is 10.6. The Kier molecular flexibility index (Phi) is 4.87. The van der Waals surface area contributed by atoms with Crippen LogP contribution >= 0.6 is 0 Å². The molecular weight excluding hydrogens is 338 g/mol. The molecule has 0 bridgehead atoms. The van der Waals surface area contributed by atoms with Gasteiger partial charge in [0.2, 0.25) is 5.89 Å². The van der Waals surface area contributed by atoms with Gasteiger partial charge in [-0.2, -0.15) is 10.1 Å². The summed E-state index contributed by atoms with van der Waals surface area (Å²) < 4.78 is 7.88. The molecule has 1 saturated heterocycles. The van der Waals surface area contributed by atoms with Crippen molar-refractivity contribution < 1.29 is 4.52 Å². The SMILES string of the molecule is CCc1nn(C)c(CC)c1CN1C[C@H]2CCC[C@@]2(c2nc(C(C)C)no2)C1. The largest absolute Gasteiger partial charge is 0.339 e. The second-order valence-electron chi connectivity index (χ2n) is 8.73. The Morgan fingerprint density at radius 2 is 2.07 bits per heavy atom. The van der Waals surface area contributed by atoms with Crippen molar-refractivity contribution in [3.05, 3.63) is 28.7 Å². The zero-order chi connectivity index (χ0) is 19.2. The van der Waals surface area contributed by atoms with Gasteiger partial charge in [-0.15, -0.1) is 0 Å². The fraction of sp³-hybridized carbons (Fsp3) is 0.762. The van der Waals surface area contributed by atoms with Crippen molar-refractivity contribution in [3.8, 4) is 0 Å². The summed E-state index contributed by atoms with van der Waals surface area (Å²) in [6.45, 7) is 11.8. The maximum absolute atomic E-state index is 5.80. The van der Waals surface area contributed by atoms with Gasteiger partial charge in [-0.05, 0) is 31.6 Å². The molecule has 1 aliphatic heterocycles. The number of likely N-dealkylation sites (tertiary alicyclic amines) is 1. The quantitative estimate of drug-likeness (QED) is 0.776. The first-order valence-corrected chi connectivity index (χ1v) is 10.6. The van der Waals surface area contributed by atoms with Crippen LogP contribution in [0.15, 0.2) is 4.52 Å². The molecular formula is C21H33N5O. The van der Waals surface area contributed by atoms with Crippen LogP contribution in [0, 0.1) is 5.92 Å². The van der Waals surface area contributed by atoms with Gasteiger partial charge in [-0.25, -0.2) is 0 Å². The van der Waals surface area contributed by atoms with E-state index in [4.69, 9.17) is 14.6 Å². The zero-order valence-electron chi connectivity index (χ0n) is 17.5. The van der Waals surface area contributed by atoms with Crippen LogP contribution in [0.3, 0.4) is 0 Å². The maximum Gasteiger partial charge on any atom is 0.234 e. The predicted octanol–water partition coefficient (Wildman–Crippen LogP) is 3.61. The van der Waals surface area contributed by atoms with Crippen LogP contribution in [0.1, 0.15) is 81.5 Å². The minimum absolute atomic E-state index is 0.0567. The molecule has 0 spiro atoms. The monoisotopic (exact) mass is 371 g/mol. The predicted molar refractivity (Wildman–Crippen MR) is 105 cm³/mol. The molecule has 0 aromatic carbocycles. The third kappa shape index (κ3) is 3.02. The van der Waals surface area contributed by atoms with E-state index in [-0.39, 0.29) is 5.41 Å². The van der Waals surface area contributed by atoms with E-state index in [2.05, 4.69) is 49.5 Å². The molecule has 2 aliphatic rings. The first kappa shape index (κ1) is 18.7. The lowest BCUT2D eigenvalue weighted by molar-refractivity contribution is 0.244. The van der Waals surface area contributed by atoms with Gasteiger partial charge < -0.3 is 4.52 Å². The Bertz CT molecular complexity index is 808. The molecule has 148 valence electrons. The second-order valence-corrected chi connectivity index (χ2v) is 8.73. The summed E-state index contributed by atoms with van der Waals surface area (Å²) in [5, 5.41) is 9.03. The van der Waals surface area contributed by atoms with Crippen LogP contribution in [-0.4, -0.2) is 37.9 Å². The van der Waals surface area contributed by atoms with Crippen molar-refractivity contribution in [1.29, 1.82) is 0 Å². The van der Waals surface area contributed by atoms with Crippen LogP contribution in [0.25, 0.3) is 0 Å². The van der Waals surface area contributed by atoms with Gasteiger partial charge >= 0.3 is 0 Å². The molecule has 0 radical (unpaired) electrons. The summed E-state index contributed by atoms with van der Waals surface area (Å²) in [5.74, 6) is 2.67. The molecule has 6 heteroatoms. The Balaban J connectivity index is 1.60. The lowest BCUT2D eigenvalue weighted by atomic mass is 9.80. The third-order valence-corrected chi connectivity index (χ3v) is 6.73. The van der Waals surface area contributed by atoms with Gasteiger partial charge in [-0.3, -0.25) is 9.58 Å². The van der Waals surface area contributed by atoms with Crippen molar-refractivity contribution in [3.63, 3.8) is 0 Å². The molecule has 3 heterocycles. The standard InChI is InChI=1S/C21H33N5O/c1-6-17-16(18(7-2)25(5)23-17)12-26-11-15-9-8-10-21(15,13-26)20-22-19(14(3)4)24-27-20/h14-15H,6-13H2,1-5H3/t15-,21-/m1/s1. The van der Waals surface area contributed by atoms with Gasteiger partial charge in [0.1, 0.15) is 0 Å². The van der Waals surface area contributed by atoms with Crippen LogP contribution in [0.2, 0.25) is 0 Å². The molecule has 1 saturated carbocycles. The topological polar surface area (TPSA) is 60.0 Å². The minimum Gasteiger partial charge on any atom is -0.339 e. The Morgan fingerprint density at radius 3 is 2.74 bits per heavy atom. The highest BCUT2D eigenvalue weighted by molar-refractivity contribution is 5.28. The van der Waals surface area contributed by atoms with Crippen LogP contribution in [0.5, 0.6) is 0 Å². The van der Waals surface area contributed by atoms with Crippen molar-refractivity contribution in [2.24, 2.45) is 13.0 Å². The lowest BCUT2D eigenvalue weighted by Crippen LogP contribution is -2.32. The molecule has 0 unspecified atom stereocenters. The Morgan fingerprint density at radius 1 is 1.26 bits per heavy atom. The number of nitrogens with zero attached hydrogens (tertiary/aromatic N) is 5. The Labute approximate surface area is 162 Å². The maximum atomic E-state index is 5.80. The van der Waals surface area contributed by atoms with Crippen molar-refractivity contribution in [2.45, 2.75) is 77.7 Å². The van der Waals surface area contributed by atoms with E-state index in [1.54, 1.807) is 0 Å². The van der Waals surface area contributed by atoms with Crippen molar-refractivity contribution in [2.75, 3.05) is 13.1 Å². The molecule has 2 aromatic heterocycles. The van der Waals surface area contributed by atoms with Gasteiger partial charge in [0, 0.05) is 43.9 Å². The molecule has 0 N–H and O–H groups in total. The summed E-state index contributed by atoms with van der Waals surface area (Å²) in [6, 6.07) is 0. The highest BCUT2D eigenvalue weighted by Gasteiger charge is 2.54. The molecule has 1 aliphatic carbocycles. The summed E-state index contributed by atoms with van der Waals surface area (Å²) >= 11 is 0. The van der Waals surface area contributed by atoms with E-state index in [0.29, 0.717) is 11.8 Å². The van der Waals surface area contributed by atoms with Crippen LogP contribution < -0.4 is 0 Å². The fourth-order valence-electron chi connectivity index (χ4n) is 5.33. The highest BCUT2D eigenvalue weighted by Crippen LogP contribution is 2.50. The first-order chi connectivity index (χ1) is 13.0. The summed E-state index contributed by atoms with van der Waals surface area (Å²) in [6.07, 6.45) is 5.73.